The van der Waals surface area contributed by atoms with E-state index in [-0.39, 0.29) is 0 Å². The van der Waals surface area contributed by atoms with Gasteiger partial charge in [-0.25, -0.2) is 0 Å². The van der Waals surface area contributed by atoms with Crippen LogP contribution in [-0.2, 0) is 0 Å². The van der Waals surface area contributed by atoms with E-state index in [1.54, 1.807) is 0 Å². The molecule has 2 N–H and O–H groups in total. The summed E-state index contributed by atoms with van der Waals surface area (Å²) in [6.45, 7) is 14.7. The third-order valence-electron chi connectivity index (χ3n) is 2.40. The zero-order chi connectivity index (χ0) is 11.8. The van der Waals surface area contributed by atoms with E-state index in [1.807, 2.05) is 0 Å². The highest BCUT2D eigenvalue weighted by atomic mass is 15.1. The van der Waals surface area contributed by atoms with Crippen LogP contribution in [0.3, 0.4) is 0 Å². The molecule has 2 heteroatoms. The Labute approximate surface area is 96.2 Å². The van der Waals surface area contributed by atoms with Crippen molar-refractivity contribution in [2.45, 2.75) is 53.5 Å². The van der Waals surface area contributed by atoms with E-state index < -0.39 is 0 Å². The molecule has 0 rings (SSSR count). The summed E-state index contributed by atoms with van der Waals surface area (Å²) in [5.41, 5.74) is 6.09. The third kappa shape index (κ3) is 8.88. The predicted molar refractivity (Wildman–Crippen MR) is 69.0 cm³/mol. The summed E-state index contributed by atoms with van der Waals surface area (Å²) in [4.78, 5) is 2.52. The zero-order valence-corrected chi connectivity index (χ0v) is 11.3. The smallest absolute Gasteiger partial charge is 0.0167 e. The lowest BCUT2D eigenvalue weighted by molar-refractivity contribution is 0.204. The van der Waals surface area contributed by atoms with Gasteiger partial charge in [0.1, 0.15) is 0 Å². The molecule has 0 radical (unpaired) electrons. The number of hydrogen-bond donors (Lipinski definition) is 1. The quantitative estimate of drug-likeness (QED) is 0.673. The molecule has 0 aromatic rings. The van der Waals surface area contributed by atoms with Gasteiger partial charge in [0.2, 0.25) is 0 Å². The Morgan fingerprint density at radius 3 is 1.73 bits per heavy atom. The maximum Gasteiger partial charge on any atom is 0.0167 e. The van der Waals surface area contributed by atoms with Gasteiger partial charge in [0.15, 0.2) is 0 Å². The van der Waals surface area contributed by atoms with Crippen molar-refractivity contribution < 1.29 is 0 Å². The van der Waals surface area contributed by atoms with Gasteiger partial charge in [-0.3, -0.25) is 0 Å². The Balaban J connectivity index is 3.99. The van der Waals surface area contributed by atoms with E-state index in [0.717, 1.165) is 24.8 Å². The molecule has 92 valence electrons. The fourth-order valence-corrected chi connectivity index (χ4v) is 2.05. The summed E-state index contributed by atoms with van der Waals surface area (Å²) in [5.74, 6) is 1.47. The second kappa shape index (κ2) is 8.12. The third-order valence-corrected chi connectivity index (χ3v) is 2.40. The molecule has 15 heavy (non-hydrogen) atoms. The molecule has 0 saturated carbocycles. The highest BCUT2D eigenvalue weighted by Crippen LogP contribution is 2.06. The number of hydrogen-bond acceptors (Lipinski definition) is 2. The molecule has 0 amide bonds. The van der Waals surface area contributed by atoms with Gasteiger partial charge in [-0.15, -0.1) is 0 Å². The molecule has 0 aromatic heterocycles. The summed E-state index contributed by atoms with van der Waals surface area (Å²) in [5, 5.41) is 0. The van der Waals surface area contributed by atoms with Crippen LogP contribution in [0.25, 0.3) is 0 Å². The maximum absolute atomic E-state index is 6.09. The van der Waals surface area contributed by atoms with Crippen molar-refractivity contribution in [1.82, 2.24) is 4.90 Å². The van der Waals surface area contributed by atoms with Crippen molar-refractivity contribution in [3.8, 4) is 0 Å². The Kier molecular flexibility index (Phi) is 8.07. The van der Waals surface area contributed by atoms with E-state index in [2.05, 4.69) is 39.5 Å². The second-order valence-corrected chi connectivity index (χ2v) is 5.55. The van der Waals surface area contributed by atoms with Gasteiger partial charge in [0.25, 0.3) is 0 Å². The van der Waals surface area contributed by atoms with Crippen LogP contribution < -0.4 is 5.73 Å². The monoisotopic (exact) mass is 214 g/mol. The average Bonchev–Trinajstić information content (AvgIpc) is 2.00. The van der Waals surface area contributed by atoms with Gasteiger partial charge in [-0.1, -0.05) is 41.0 Å². The van der Waals surface area contributed by atoms with Crippen LogP contribution in [0.4, 0.5) is 0 Å². The largest absolute Gasteiger partial charge is 0.327 e. The zero-order valence-electron chi connectivity index (χ0n) is 11.3. The lowest BCUT2D eigenvalue weighted by Crippen LogP contribution is -2.41. The van der Waals surface area contributed by atoms with Gasteiger partial charge in [-0.2, -0.15) is 0 Å². The fraction of sp³-hybridized carbons (Fsp3) is 1.00. The van der Waals surface area contributed by atoms with Gasteiger partial charge >= 0.3 is 0 Å². The minimum atomic E-state index is 0.354. The van der Waals surface area contributed by atoms with Crippen molar-refractivity contribution in [2.75, 3.05) is 19.6 Å². The first-order chi connectivity index (χ1) is 6.95. The highest BCUT2D eigenvalue weighted by molar-refractivity contribution is 4.70. The molecule has 0 unspecified atom stereocenters. The van der Waals surface area contributed by atoms with Gasteiger partial charge in [-0.05, 0) is 18.3 Å². The summed E-state index contributed by atoms with van der Waals surface area (Å²) < 4.78 is 0. The SMILES string of the molecule is CCC[C@@H](N)CN(CC(C)C)CC(C)C. The first-order valence-corrected chi connectivity index (χ1v) is 6.43. The van der Waals surface area contributed by atoms with Crippen molar-refractivity contribution in [1.29, 1.82) is 0 Å². The normalized spacial score (nSPS) is 14.2. The molecule has 0 heterocycles. The minimum absolute atomic E-state index is 0.354. The molecular weight excluding hydrogens is 184 g/mol. The number of nitrogens with zero attached hydrogens (tertiary/aromatic N) is 1. The van der Waals surface area contributed by atoms with E-state index in [9.17, 15) is 0 Å². The highest BCUT2D eigenvalue weighted by Gasteiger charge is 2.12. The molecule has 0 aliphatic carbocycles. The molecule has 0 aromatic carbocycles. The van der Waals surface area contributed by atoms with Gasteiger partial charge in [0, 0.05) is 25.7 Å². The Hall–Kier alpha value is -0.0800. The summed E-state index contributed by atoms with van der Waals surface area (Å²) in [6.07, 6.45) is 2.34. The second-order valence-electron chi connectivity index (χ2n) is 5.55. The fourth-order valence-electron chi connectivity index (χ4n) is 2.05. The lowest BCUT2D eigenvalue weighted by Gasteiger charge is -2.28. The summed E-state index contributed by atoms with van der Waals surface area (Å²) in [6, 6.07) is 0.354. The summed E-state index contributed by atoms with van der Waals surface area (Å²) in [7, 11) is 0. The van der Waals surface area contributed by atoms with Crippen LogP contribution in [0, 0.1) is 11.8 Å². The Morgan fingerprint density at radius 2 is 1.40 bits per heavy atom. The van der Waals surface area contributed by atoms with E-state index in [0.29, 0.717) is 6.04 Å². The van der Waals surface area contributed by atoms with Gasteiger partial charge in [0.05, 0.1) is 0 Å². The maximum atomic E-state index is 6.09. The van der Waals surface area contributed by atoms with Crippen LogP contribution in [0.2, 0.25) is 0 Å². The van der Waals surface area contributed by atoms with Crippen molar-refractivity contribution in [2.24, 2.45) is 17.6 Å². The average molecular weight is 214 g/mol. The molecule has 0 fully saturated rings. The molecule has 2 nitrogen and oxygen atoms in total. The minimum Gasteiger partial charge on any atom is -0.327 e. The molecule has 0 spiro atoms. The standard InChI is InChI=1S/C13H30N2/c1-6-7-13(14)10-15(8-11(2)3)9-12(4)5/h11-13H,6-10,14H2,1-5H3/t13-/m1/s1. The van der Waals surface area contributed by atoms with Crippen LogP contribution >= 0.6 is 0 Å². The van der Waals surface area contributed by atoms with Crippen LogP contribution in [0.15, 0.2) is 0 Å². The van der Waals surface area contributed by atoms with E-state index >= 15 is 0 Å². The Morgan fingerprint density at radius 1 is 0.933 bits per heavy atom. The van der Waals surface area contributed by atoms with E-state index in [1.165, 1.54) is 19.5 Å². The Bertz CT molecular complexity index is 133. The molecular formula is C13H30N2. The lowest BCUT2D eigenvalue weighted by atomic mass is 10.1. The summed E-state index contributed by atoms with van der Waals surface area (Å²) >= 11 is 0. The van der Waals surface area contributed by atoms with E-state index in [4.69, 9.17) is 5.73 Å². The predicted octanol–water partition coefficient (Wildman–Crippen LogP) is 2.73. The number of rotatable bonds is 8. The van der Waals surface area contributed by atoms with Crippen molar-refractivity contribution >= 4 is 0 Å². The molecule has 1 atom stereocenters. The van der Waals surface area contributed by atoms with Gasteiger partial charge < -0.3 is 10.6 Å². The van der Waals surface area contributed by atoms with Crippen molar-refractivity contribution in [3.05, 3.63) is 0 Å². The first kappa shape index (κ1) is 14.9. The molecule has 0 saturated heterocycles. The van der Waals surface area contributed by atoms with Crippen LogP contribution in [-0.4, -0.2) is 30.6 Å². The molecule has 0 aliphatic rings. The first-order valence-electron chi connectivity index (χ1n) is 6.43. The number of nitrogens with two attached hydrogens (primary N) is 1. The topological polar surface area (TPSA) is 29.3 Å². The molecule has 0 aliphatic heterocycles. The van der Waals surface area contributed by atoms with Crippen LogP contribution in [0.1, 0.15) is 47.5 Å². The molecule has 0 bridgehead atoms. The van der Waals surface area contributed by atoms with Crippen LogP contribution in [0.5, 0.6) is 0 Å². The van der Waals surface area contributed by atoms with Crippen molar-refractivity contribution in [3.63, 3.8) is 0 Å².